The van der Waals surface area contributed by atoms with Crippen molar-refractivity contribution in [3.8, 4) is 0 Å². The van der Waals surface area contributed by atoms with E-state index in [1.807, 2.05) is 0 Å². The zero-order chi connectivity index (χ0) is 11.2. The molecule has 0 spiro atoms. The maximum absolute atomic E-state index is 4.00. The minimum absolute atomic E-state index is 0.771. The van der Waals surface area contributed by atoms with Gasteiger partial charge < -0.3 is 10.6 Å². The highest BCUT2D eigenvalue weighted by atomic mass is 15.0. The quantitative estimate of drug-likeness (QED) is 0.765. The molecule has 0 aromatic rings. The Morgan fingerprint density at radius 2 is 1.82 bits per heavy atom. The Labute approximate surface area is 105 Å². The molecule has 1 heterocycles. The lowest BCUT2D eigenvalue weighted by Gasteiger charge is -2.36. The van der Waals surface area contributed by atoms with Gasteiger partial charge in [-0.15, -0.1) is 0 Å². The normalized spacial score (nSPS) is 52.9. The first-order valence-electron chi connectivity index (χ1n) is 7.88. The summed E-state index contributed by atoms with van der Waals surface area (Å²) in [5.74, 6) is 4.40. The summed E-state index contributed by atoms with van der Waals surface area (Å²) < 4.78 is 0. The SMILES string of the molecule is C1CNCC(NC2CC3CC2C2CCCC32)C1. The van der Waals surface area contributed by atoms with E-state index in [0.717, 1.165) is 35.8 Å². The van der Waals surface area contributed by atoms with Gasteiger partial charge in [-0.05, 0) is 68.7 Å². The first kappa shape index (κ1) is 10.8. The Bertz CT molecular complexity index is 285. The van der Waals surface area contributed by atoms with Gasteiger partial charge in [0.25, 0.3) is 0 Å². The minimum atomic E-state index is 0.771. The van der Waals surface area contributed by atoms with Crippen LogP contribution in [0.3, 0.4) is 0 Å². The molecule has 0 radical (unpaired) electrons. The van der Waals surface area contributed by atoms with Crippen LogP contribution in [0.4, 0.5) is 0 Å². The molecule has 6 atom stereocenters. The first-order chi connectivity index (χ1) is 8.42. The predicted octanol–water partition coefficient (Wildman–Crippen LogP) is 2.15. The molecule has 1 saturated heterocycles. The Morgan fingerprint density at radius 3 is 2.71 bits per heavy atom. The summed E-state index contributed by atoms with van der Waals surface area (Å²) in [7, 11) is 0. The molecule has 4 aliphatic rings. The summed E-state index contributed by atoms with van der Waals surface area (Å²) in [5.41, 5.74) is 0. The van der Waals surface area contributed by atoms with Gasteiger partial charge in [0.1, 0.15) is 0 Å². The number of hydrogen-bond acceptors (Lipinski definition) is 2. The van der Waals surface area contributed by atoms with Crippen molar-refractivity contribution in [2.24, 2.45) is 23.7 Å². The van der Waals surface area contributed by atoms with Crippen LogP contribution in [0.1, 0.15) is 44.9 Å². The van der Waals surface area contributed by atoms with Crippen LogP contribution in [-0.4, -0.2) is 25.2 Å². The minimum Gasteiger partial charge on any atom is -0.315 e. The molecule has 4 fully saturated rings. The molecule has 4 rings (SSSR count). The molecule has 2 heteroatoms. The van der Waals surface area contributed by atoms with Crippen LogP contribution < -0.4 is 10.6 Å². The van der Waals surface area contributed by atoms with E-state index in [0.29, 0.717) is 0 Å². The second-order valence-corrected chi connectivity index (χ2v) is 6.97. The van der Waals surface area contributed by atoms with Gasteiger partial charge in [0.2, 0.25) is 0 Å². The maximum atomic E-state index is 4.00. The summed E-state index contributed by atoms with van der Waals surface area (Å²) in [6.45, 7) is 2.45. The second-order valence-electron chi connectivity index (χ2n) is 6.97. The molecular weight excluding hydrogens is 208 g/mol. The molecule has 0 aromatic heterocycles. The summed E-state index contributed by atoms with van der Waals surface area (Å²) in [4.78, 5) is 0. The van der Waals surface area contributed by atoms with Gasteiger partial charge >= 0.3 is 0 Å². The number of rotatable bonds is 2. The lowest BCUT2D eigenvalue weighted by atomic mass is 9.79. The van der Waals surface area contributed by atoms with Crippen LogP contribution in [0, 0.1) is 23.7 Å². The average molecular weight is 234 g/mol. The van der Waals surface area contributed by atoms with Crippen LogP contribution in [0.5, 0.6) is 0 Å². The number of piperidine rings is 1. The van der Waals surface area contributed by atoms with E-state index in [1.54, 1.807) is 19.3 Å². The van der Waals surface area contributed by atoms with Crippen LogP contribution in [0.15, 0.2) is 0 Å². The van der Waals surface area contributed by atoms with Crippen molar-refractivity contribution in [1.29, 1.82) is 0 Å². The maximum Gasteiger partial charge on any atom is 0.0195 e. The monoisotopic (exact) mass is 234 g/mol. The molecule has 96 valence electrons. The number of fused-ring (bicyclic) bond motifs is 5. The van der Waals surface area contributed by atoms with Gasteiger partial charge in [-0.1, -0.05) is 6.42 Å². The molecule has 0 aromatic carbocycles. The zero-order valence-electron chi connectivity index (χ0n) is 10.8. The molecule has 6 unspecified atom stereocenters. The highest BCUT2D eigenvalue weighted by Gasteiger charge is 2.53. The molecule has 0 amide bonds. The van der Waals surface area contributed by atoms with Gasteiger partial charge in [0, 0.05) is 18.6 Å². The highest BCUT2D eigenvalue weighted by Crippen LogP contribution is 2.58. The zero-order valence-corrected chi connectivity index (χ0v) is 10.8. The fraction of sp³-hybridized carbons (Fsp3) is 1.00. The van der Waals surface area contributed by atoms with E-state index >= 15 is 0 Å². The van der Waals surface area contributed by atoms with E-state index in [2.05, 4.69) is 10.6 Å². The van der Waals surface area contributed by atoms with Gasteiger partial charge in [-0.25, -0.2) is 0 Å². The third-order valence-electron chi connectivity index (χ3n) is 6.18. The Balaban J connectivity index is 1.40. The van der Waals surface area contributed by atoms with Gasteiger partial charge in [0.05, 0.1) is 0 Å². The molecule has 2 nitrogen and oxygen atoms in total. The van der Waals surface area contributed by atoms with Crippen molar-refractivity contribution in [1.82, 2.24) is 10.6 Å². The highest BCUT2D eigenvalue weighted by molar-refractivity contribution is 5.06. The molecule has 2 N–H and O–H groups in total. The Hall–Kier alpha value is -0.0800. The van der Waals surface area contributed by atoms with E-state index < -0.39 is 0 Å². The fourth-order valence-corrected chi connectivity index (χ4v) is 5.56. The third kappa shape index (κ3) is 1.76. The van der Waals surface area contributed by atoms with Crippen LogP contribution in [-0.2, 0) is 0 Å². The smallest absolute Gasteiger partial charge is 0.0195 e. The predicted molar refractivity (Wildman–Crippen MR) is 69.9 cm³/mol. The van der Waals surface area contributed by atoms with E-state index in [9.17, 15) is 0 Å². The van der Waals surface area contributed by atoms with Gasteiger partial charge in [-0.3, -0.25) is 0 Å². The van der Waals surface area contributed by atoms with Crippen LogP contribution >= 0.6 is 0 Å². The fourth-order valence-electron chi connectivity index (χ4n) is 5.56. The molecule has 17 heavy (non-hydrogen) atoms. The summed E-state index contributed by atoms with van der Waals surface area (Å²) in [6, 6.07) is 1.65. The van der Waals surface area contributed by atoms with Crippen LogP contribution in [0.2, 0.25) is 0 Å². The Morgan fingerprint density at radius 1 is 0.882 bits per heavy atom. The van der Waals surface area contributed by atoms with Crippen molar-refractivity contribution < 1.29 is 0 Å². The lowest BCUT2D eigenvalue weighted by molar-refractivity contribution is 0.190. The molecule has 3 saturated carbocycles. The van der Waals surface area contributed by atoms with E-state index in [4.69, 9.17) is 0 Å². The van der Waals surface area contributed by atoms with Crippen molar-refractivity contribution >= 4 is 0 Å². The van der Waals surface area contributed by atoms with Crippen molar-refractivity contribution in [3.05, 3.63) is 0 Å². The van der Waals surface area contributed by atoms with Gasteiger partial charge in [-0.2, -0.15) is 0 Å². The summed E-state index contributed by atoms with van der Waals surface area (Å²) >= 11 is 0. The molecule has 3 aliphatic carbocycles. The average Bonchev–Trinajstić information content (AvgIpc) is 3.01. The lowest BCUT2D eigenvalue weighted by Crippen LogP contribution is -2.50. The first-order valence-corrected chi connectivity index (χ1v) is 7.88. The van der Waals surface area contributed by atoms with E-state index in [-0.39, 0.29) is 0 Å². The molecule has 1 aliphatic heterocycles. The Kier molecular flexibility index (Phi) is 2.69. The largest absolute Gasteiger partial charge is 0.315 e. The van der Waals surface area contributed by atoms with Crippen molar-refractivity contribution in [2.45, 2.75) is 57.0 Å². The third-order valence-corrected chi connectivity index (χ3v) is 6.18. The van der Waals surface area contributed by atoms with Crippen LogP contribution in [0.25, 0.3) is 0 Å². The molecule has 2 bridgehead atoms. The van der Waals surface area contributed by atoms with Crippen molar-refractivity contribution in [2.75, 3.05) is 13.1 Å². The molecular formula is C15H26N2. The van der Waals surface area contributed by atoms with Gasteiger partial charge in [0.15, 0.2) is 0 Å². The second kappa shape index (κ2) is 4.24. The number of hydrogen-bond donors (Lipinski definition) is 2. The standard InChI is InChI=1S/C15H26N2/c1-4-12-10-7-14(13(12)5-1)15(8-10)17-11-3-2-6-16-9-11/h10-17H,1-9H2. The summed E-state index contributed by atoms with van der Waals surface area (Å²) in [5, 5.41) is 7.54. The van der Waals surface area contributed by atoms with E-state index in [1.165, 1.54) is 38.8 Å². The topological polar surface area (TPSA) is 24.1 Å². The number of nitrogens with one attached hydrogen (secondary N) is 2. The summed E-state index contributed by atoms with van der Waals surface area (Å²) in [6.07, 6.45) is 10.5. The van der Waals surface area contributed by atoms with Crippen molar-refractivity contribution in [3.63, 3.8) is 0 Å².